The Kier molecular flexibility index (Phi) is 6.24. The van der Waals surface area contributed by atoms with Gasteiger partial charge in [0.25, 0.3) is 0 Å². The number of imidazole rings is 1. The summed E-state index contributed by atoms with van der Waals surface area (Å²) < 4.78 is 2.00. The fourth-order valence-corrected chi connectivity index (χ4v) is 2.71. The maximum atomic E-state index is 12.3. The van der Waals surface area contributed by atoms with Crippen molar-refractivity contribution in [2.24, 2.45) is 5.41 Å². The molecule has 140 valence electrons. The molecule has 26 heavy (non-hydrogen) atoms. The highest BCUT2D eigenvalue weighted by Gasteiger charge is 2.26. The molecule has 5 nitrogen and oxygen atoms in total. The molecule has 0 saturated carbocycles. The summed E-state index contributed by atoms with van der Waals surface area (Å²) in [6.07, 6.45) is 16.7. The molecule has 0 radical (unpaired) electrons. The number of allylic oxidation sites excluding steroid dienone is 5. The second kappa shape index (κ2) is 8.21. The van der Waals surface area contributed by atoms with Crippen molar-refractivity contribution in [1.29, 1.82) is 0 Å². The Morgan fingerprint density at radius 3 is 2.81 bits per heavy atom. The molecule has 1 unspecified atom stereocenters. The van der Waals surface area contributed by atoms with Crippen molar-refractivity contribution in [2.45, 2.75) is 46.2 Å². The van der Waals surface area contributed by atoms with E-state index in [1.54, 1.807) is 12.5 Å². The van der Waals surface area contributed by atoms with Crippen LogP contribution in [0.5, 0.6) is 0 Å². The molecule has 0 saturated heterocycles. The van der Waals surface area contributed by atoms with Crippen LogP contribution < -0.4 is 10.6 Å². The van der Waals surface area contributed by atoms with Crippen LogP contribution in [0.2, 0.25) is 0 Å². The SMILES string of the molecule is C=C(C)C1(C)C=CC=C(C(C)(C)NC(=O)NCCCn2ccnc2)C=C1. The van der Waals surface area contributed by atoms with Crippen LogP contribution in [0, 0.1) is 5.41 Å². The number of rotatable bonds is 7. The van der Waals surface area contributed by atoms with E-state index in [1.807, 2.05) is 43.7 Å². The van der Waals surface area contributed by atoms with Crippen molar-refractivity contribution in [3.8, 4) is 0 Å². The van der Waals surface area contributed by atoms with Crippen LogP contribution in [0.3, 0.4) is 0 Å². The van der Waals surface area contributed by atoms with Crippen molar-refractivity contribution in [3.05, 3.63) is 66.8 Å². The lowest BCUT2D eigenvalue weighted by molar-refractivity contribution is 0.233. The Balaban J connectivity index is 1.87. The van der Waals surface area contributed by atoms with Gasteiger partial charge in [-0.25, -0.2) is 9.78 Å². The predicted molar refractivity (Wildman–Crippen MR) is 107 cm³/mol. The van der Waals surface area contributed by atoms with E-state index in [2.05, 4.69) is 47.3 Å². The highest BCUT2D eigenvalue weighted by Crippen LogP contribution is 2.32. The molecule has 2 N–H and O–H groups in total. The number of aromatic nitrogens is 2. The molecule has 0 aliphatic heterocycles. The Morgan fingerprint density at radius 1 is 1.38 bits per heavy atom. The molecule has 0 spiro atoms. The molecule has 1 aliphatic rings. The number of urea groups is 1. The molecule has 1 atom stereocenters. The fourth-order valence-electron chi connectivity index (χ4n) is 2.71. The zero-order valence-corrected chi connectivity index (χ0v) is 16.2. The van der Waals surface area contributed by atoms with Crippen LogP contribution in [-0.2, 0) is 6.54 Å². The van der Waals surface area contributed by atoms with E-state index in [4.69, 9.17) is 0 Å². The van der Waals surface area contributed by atoms with Gasteiger partial charge in [0.2, 0.25) is 0 Å². The molecule has 1 aromatic heterocycles. The molecule has 0 fully saturated rings. The van der Waals surface area contributed by atoms with Gasteiger partial charge in [0.15, 0.2) is 0 Å². The standard InChI is InChI=1S/C21H30N4O/c1-17(2)21(5)10-6-8-18(9-11-21)20(3,4)24-19(26)23-12-7-14-25-15-13-22-16-25/h6,8-11,13,15-16H,1,7,12,14H2,2-5H3,(H2,23,24,26). The minimum atomic E-state index is -0.477. The molecule has 0 aromatic carbocycles. The van der Waals surface area contributed by atoms with Gasteiger partial charge in [0.05, 0.1) is 11.9 Å². The Labute approximate surface area is 156 Å². The predicted octanol–water partition coefficient (Wildman–Crippen LogP) is 3.99. The van der Waals surface area contributed by atoms with E-state index >= 15 is 0 Å². The van der Waals surface area contributed by atoms with Crippen LogP contribution >= 0.6 is 0 Å². The molecule has 2 amide bonds. The van der Waals surface area contributed by atoms with Gasteiger partial charge in [-0.1, -0.05) is 42.5 Å². The number of hydrogen-bond acceptors (Lipinski definition) is 2. The average Bonchev–Trinajstić information content (AvgIpc) is 2.98. The maximum Gasteiger partial charge on any atom is 0.315 e. The molecule has 1 aliphatic carbocycles. The van der Waals surface area contributed by atoms with Gasteiger partial charge in [0, 0.05) is 30.9 Å². The van der Waals surface area contributed by atoms with Crippen molar-refractivity contribution >= 4 is 6.03 Å². The first-order valence-electron chi connectivity index (χ1n) is 9.00. The Morgan fingerprint density at radius 2 is 2.15 bits per heavy atom. The van der Waals surface area contributed by atoms with Crippen LogP contribution in [0.25, 0.3) is 0 Å². The van der Waals surface area contributed by atoms with E-state index < -0.39 is 5.54 Å². The monoisotopic (exact) mass is 354 g/mol. The Bertz CT molecular complexity index is 725. The van der Waals surface area contributed by atoms with Crippen molar-refractivity contribution in [2.75, 3.05) is 6.54 Å². The topological polar surface area (TPSA) is 59.0 Å². The van der Waals surface area contributed by atoms with Gasteiger partial charge in [0.1, 0.15) is 0 Å². The lowest BCUT2D eigenvalue weighted by Gasteiger charge is -2.28. The quantitative estimate of drug-likeness (QED) is 0.575. The summed E-state index contributed by atoms with van der Waals surface area (Å²) in [5.41, 5.74) is 1.49. The highest BCUT2D eigenvalue weighted by atomic mass is 16.2. The molecule has 0 bridgehead atoms. The van der Waals surface area contributed by atoms with Crippen molar-refractivity contribution in [1.82, 2.24) is 20.2 Å². The summed E-state index contributed by atoms with van der Waals surface area (Å²) in [6, 6.07) is -0.161. The number of hydrogen-bond donors (Lipinski definition) is 2. The van der Waals surface area contributed by atoms with Gasteiger partial charge in [-0.3, -0.25) is 0 Å². The molecular weight excluding hydrogens is 324 g/mol. The third-order valence-electron chi connectivity index (χ3n) is 4.83. The van der Waals surface area contributed by atoms with Crippen LogP contribution in [-0.4, -0.2) is 27.7 Å². The molecule has 5 heteroatoms. The molecule has 1 aromatic rings. The summed E-state index contributed by atoms with van der Waals surface area (Å²) in [5.74, 6) is 0. The van der Waals surface area contributed by atoms with E-state index in [0.29, 0.717) is 6.54 Å². The summed E-state index contributed by atoms with van der Waals surface area (Å²) >= 11 is 0. The zero-order valence-electron chi connectivity index (χ0n) is 16.2. The number of nitrogens with zero attached hydrogens (tertiary/aromatic N) is 2. The van der Waals surface area contributed by atoms with E-state index in [0.717, 1.165) is 24.1 Å². The minimum Gasteiger partial charge on any atom is -0.338 e. The summed E-state index contributed by atoms with van der Waals surface area (Å²) in [6.45, 7) is 13.7. The van der Waals surface area contributed by atoms with Gasteiger partial charge in [-0.15, -0.1) is 0 Å². The smallest absolute Gasteiger partial charge is 0.315 e. The Hall–Kier alpha value is -2.56. The van der Waals surface area contributed by atoms with E-state index in [1.165, 1.54) is 0 Å². The second-order valence-electron chi connectivity index (χ2n) is 7.54. The first-order chi connectivity index (χ1) is 12.2. The minimum absolute atomic E-state index is 0.161. The molecular formula is C21H30N4O. The zero-order chi connectivity index (χ0) is 19.2. The van der Waals surface area contributed by atoms with Gasteiger partial charge in [-0.2, -0.15) is 0 Å². The molecule has 1 heterocycles. The lowest BCUT2D eigenvalue weighted by atomic mass is 9.83. The first kappa shape index (κ1) is 19.8. The van der Waals surface area contributed by atoms with Crippen LogP contribution in [0.4, 0.5) is 4.79 Å². The fraction of sp³-hybridized carbons (Fsp3) is 0.429. The number of aryl methyl sites for hydroxylation is 1. The summed E-state index contributed by atoms with van der Waals surface area (Å²) in [4.78, 5) is 16.3. The van der Waals surface area contributed by atoms with Gasteiger partial charge in [-0.05, 0) is 39.7 Å². The van der Waals surface area contributed by atoms with Crippen LogP contribution in [0.1, 0.15) is 34.1 Å². The number of carbonyl (C=O) groups is 1. The van der Waals surface area contributed by atoms with Gasteiger partial charge >= 0.3 is 6.03 Å². The van der Waals surface area contributed by atoms with E-state index in [-0.39, 0.29) is 11.4 Å². The van der Waals surface area contributed by atoms with Gasteiger partial charge < -0.3 is 15.2 Å². The number of carbonyl (C=O) groups excluding carboxylic acids is 1. The molecule has 2 rings (SSSR count). The van der Waals surface area contributed by atoms with Crippen LogP contribution in [0.15, 0.2) is 66.8 Å². The average molecular weight is 354 g/mol. The third-order valence-corrected chi connectivity index (χ3v) is 4.83. The number of nitrogens with one attached hydrogen (secondary N) is 2. The highest BCUT2D eigenvalue weighted by molar-refractivity contribution is 5.75. The van der Waals surface area contributed by atoms with E-state index in [9.17, 15) is 4.79 Å². The second-order valence-corrected chi connectivity index (χ2v) is 7.54. The summed E-state index contributed by atoms with van der Waals surface area (Å²) in [7, 11) is 0. The van der Waals surface area contributed by atoms with Crippen molar-refractivity contribution in [3.63, 3.8) is 0 Å². The summed E-state index contributed by atoms with van der Waals surface area (Å²) in [5, 5.41) is 5.98. The largest absolute Gasteiger partial charge is 0.338 e. The van der Waals surface area contributed by atoms with Crippen molar-refractivity contribution < 1.29 is 4.79 Å². The number of amides is 2. The third kappa shape index (κ3) is 5.22. The normalized spacial score (nSPS) is 19.6. The first-order valence-corrected chi connectivity index (χ1v) is 9.00. The lowest BCUT2D eigenvalue weighted by Crippen LogP contribution is -2.49. The maximum absolute atomic E-state index is 12.3.